The summed E-state index contributed by atoms with van der Waals surface area (Å²) in [5.41, 5.74) is 0.772. The van der Waals surface area contributed by atoms with Crippen LogP contribution in [0.25, 0.3) is 5.69 Å². The van der Waals surface area contributed by atoms with Gasteiger partial charge in [-0.1, -0.05) is 11.6 Å². The summed E-state index contributed by atoms with van der Waals surface area (Å²) in [6.45, 7) is 0.700. The molecular weight excluding hydrogens is 379 g/mol. The van der Waals surface area contributed by atoms with Crippen LogP contribution < -0.4 is 4.74 Å². The molecule has 0 radical (unpaired) electrons. The van der Waals surface area contributed by atoms with Gasteiger partial charge in [0.05, 0.1) is 16.4 Å². The molecule has 0 aliphatic carbocycles. The standard InChI is InChI=1S/C17H14ClFN4O2S/c18-10-8-11(19)13(9-14(10)25-16-20-5-3-6-21-16)23-15(24)12-4-1-2-7-22(12)17(23)26/h3,5-6,8-9,24H,1-2,4,7H2. The van der Waals surface area contributed by atoms with Gasteiger partial charge in [-0.3, -0.25) is 4.57 Å². The van der Waals surface area contributed by atoms with Gasteiger partial charge in [0.25, 0.3) is 0 Å². The molecule has 2 aromatic heterocycles. The molecule has 1 aliphatic heterocycles. The summed E-state index contributed by atoms with van der Waals surface area (Å²) >= 11 is 11.5. The Hall–Kier alpha value is -2.45. The quantitative estimate of drug-likeness (QED) is 0.668. The fraction of sp³-hybridized carbons (Fsp3) is 0.235. The Kier molecular flexibility index (Phi) is 4.37. The molecular formula is C17H14ClFN4O2S. The van der Waals surface area contributed by atoms with Crippen LogP contribution in [0, 0.1) is 10.6 Å². The van der Waals surface area contributed by atoms with E-state index < -0.39 is 5.82 Å². The summed E-state index contributed by atoms with van der Waals surface area (Å²) in [4.78, 5) is 7.92. The van der Waals surface area contributed by atoms with E-state index in [4.69, 9.17) is 28.6 Å². The number of nitrogens with zero attached hydrogens (tertiary/aromatic N) is 4. The van der Waals surface area contributed by atoms with Crippen LogP contribution in [0.1, 0.15) is 18.5 Å². The van der Waals surface area contributed by atoms with Crippen LogP contribution in [0.5, 0.6) is 17.6 Å². The minimum atomic E-state index is -0.620. The first kappa shape index (κ1) is 17.0. The molecule has 0 fully saturated rings. The van der Waals surface area contributed by atoms with Crippen molar-refractivity contribution in [1.29, 1.82) is 0 Å². The lowest BCUT2D eigenvalue weighted by Gasteiger charge is -2.12. The predicted molar refractivity (Wildman–Crippen MR) is 96.3 cm³/mol. The maximum Gasteiger partial charge on any atom is 0.321 e. The van der Waals surface area contributed by atoms with Crippen molar-refractivity contribution in [2.75, 3.05) is 0 Å². The van der Waals surface area contributed by atoms with E-state index in [0.29, 0.717) is 23.4 Å². The van der Waals surface area contributed by atoms with Crippen LogP contribution in [0.3, 0.4) is 0 Å². The van der Waals surface area contributed by atoms with Crippen LogP contribution in [0.2, 0.25) is 5.02 Å². The number of imidazole rings is 1. The van der Waals surface area contributed by atoms with Gasteiger partial charge in [-0.25, -0.2) is 14.4 Å². The van der Waals surface area contributed by atoms with Gasteiger partial charge in [0.15, 0.2) is 10.5 Å². The first-order valence-electron chi connectivity index (χ1n) is 8.04. The van der Waals surface area contributed by atoms with Crippen molar-refractivity contribution in [3.8, 4) is 23.3 Å². The smallest absolute Gasteiger partial charge is 0.321 e. The number of hydrogen-bond donors (Lipinski definition) is 1. The van der Waals surface area contributed by atoms with Gasteiger partial charge in [0.1, 0.15) is 5.82 Å². The van der Waals surface area contributed by atoms with Crippen LogP contribution in [0.15, 0.2) is 30.6 Å². The molecule has 4 rings (SSSR count). The molecule has 0 atom stereocenters. The van der Waals surface area contributed by atoms with Gasteiger partial charge in [0, 0.05) is 25.0 Å². The third kappa shape index (κ3) is 2.85. The molecule has 9 heteroatoms. The molecule has 0 amide bonds. The second-order valence-electron chi connectivity index (χ2n) is 5.86. The zero-order chi connectivity index (χ0) is 18.3. The Bertz CT molecular complexity index is 1040. The molecule has 3 heterocycles. The number of fused-ring (bicyclic) bond motifs is 1. The van der Waals surface area contributed by atoms with Crippen molar-refractivity contribution < 1.29 is 14.2 Å². The largest absolute Gasteiger partial charge is 0.493 e. The normalized spacial score (nSPS) is 13.5. The second-order valence-corrected chi connectivity index (χ2v) is 6.64. The summed E-state index contributed by atoms with van der Waals surface area (Å²) in [5, 5.41) is 10.7. The molecule has 1 aliphatic rings. The number of benzene rings is 1. The highest BCUT2D eigenvalue weighted by Gasteiger charge is 2.23. The molecule has 6 nitrogen and oxygen atoms in total. The third-order valence-electron chi connectivity index (χ3n) is 4.25. The summed E-state index contributed by atoms with van der Waals surface area (Å²) in [6.07, 6.45) is 5.65. The molecule has 0 bridgehead atoms. The highest BCUT2D eigenvalue weighted by Crippen LogP contribution is 2.36. The number of hydrogen-bond acceptors (Lipinski definition) is 5. The molecule has 1 aromatic carbocycles. The Morgan fingerprint density at radius 2 is 2.00 bits per heavy atom. The van der Waals surface area contributed by atoms with Crippen LogP contribution >= 0.6 is 23.8 Å². The van der Waals surface area contributed by atoms with E-state index in [2.05, 4.69) is 9.97 Å². The van der Waals surface area contributed by atoms with E-state index in [9.17, 15) is 9.50 Å². The zero-order valence-corrected chi connectivity index (χ0v) is 15.1. The van der Waals surface area contributed by atoms with E-state index in [-0.39, 0.29) is 28.3 Å². The average Bonchev–Trinajstić information content (AvgIpc) is 2.90. The van der Waals surface area contributed by atoms with Crippen LogP contribution in [0.4, 0.5) is 4.39 Å². The topological polar surface area (TPSA) is 65.1 Å². The summed E-state index contributed by atoms with van der Waals surface area (Å²) in [7, 11) is 0. The number of ether oxygens (including phenoxy) is 1. The van der Waals surface area contributed by atoms with Crippen molar-refractivity contribution in [1.82, 2.24) is 19.1 Å². The van der Waals surface area contributed by atoms with Crippen molar-refractivity contribution in [3.05, 3.63) is 51.9 Å². The molecule has 0 unspecified atom stereocenters. The summed E-state index contributed by atoms with van der Waals surface area (Å²) in [6, 6.07) is 4.23. The monoisotopic (exact) mass is 392 g/mol. The SMILES string of the molecule is Oc1c2n(c(=S)n1-c1cc(Oc3ncccn3)c(Cl)cc1F)CCCC2. The molecule has 0 spiro atoms. The van der Waals surface area contributed by atoms with E-state index in [0.717, 1.165) is 18.9 Å². The molecule has 3 aromatic rings. The van der Waals surface area contributed by atoms with Gasteiger partial charge in [-0.05, 0) is 43.6 Å². The number of aromatic nitrogens is 4. The zero-order valence-electron chi connectivity index (χ0n) is 13.5. The maximum atomic E-state index is 14.6. The minimum Gasteiger partial charge on any atom is -0.493 e. The lowest BCUT2D eigenvalue weighted by molar-refractivity contribution is 0.422. The second kappa shape index (κ2) is 6.69. The highest BCUT2D eigenvalue weighted by molar-refractivity contribution is 7.71. The van der Waals surface area contributed by atoms with E-state index in [1.807, 2.05) is 4.57 Å². The molecule has 1 N–H and O–H groups in total. The van der Waals surface area contributed by atoms with Gasteiger partial charge in [-0.15, -0.1) is 0 Å². The molecule has 134 valence electrons. The summed E-state index contributed by atoms with van der Waals surface area (Å²) < 4.78 is 23.6. The lowest BCUT2D eigenvalue weighted by Crippen LogP contribution is -2.09. The van der Waals surface area contributed by atoms with Crippen molar-refractivity contribution in [3.63, 3.8) is 0 Å². The maximum absolute atomic E-state index is 14.6. The Morgan fingerprint density at radius 3 is 2.73 bits per heavy atom. The third-order valence-corrected chi connectivity index (χ3v) is 4.95. The molecule has 0 saturated carbocycles. The van der Waals surface area contributed by atoms with Gasteiger partial charge >= 0.3 is 6.01 Å². The van der Waals surface area contributed by atoms with Gasteiger partial charge < -0.3 is 14.4 Å². The van der Waals surface area contributed by atoms with Crippen LogP contribution in [-0.2, 0) is 13.0 Å². The highest BCUT2D eigenvalue weighted by atomic mass is 35.5. The Labute approximate surface area is 158 Å². The van der Waals surface area contributed by atoms with Crippen molar-refractivity contribution in [2.45, 2.75) is 25.8 Å². The number of halogens is 2. The van der Waals surface area contributed by atoms with Crippen LogP contribution in [-0.4, -0.2) is 24.2 Å². The lowest BCUT2D eigenvalue weighted by atomic mass is 10.1. The first-order chi connectivity index (χ1) is 12.6. The van der Waals surface area contributed by atoms with E-state index >= 15 is 0 Å². The fourth-order valence-corrected chi connectivity index (χ4v) is 3.61. The van der Waals surface area contributed by atoms with Crippen molar-refractivity contribution >= 4 is 23.8 Å². The first-order valence-corrected chi connectivity index (χ1v) is 8.82. The summed E-state index contributed by atoms with van der Waals surface area (Å²) in [5.74, 6) is -0.511. The van der Waals surface area contributed by atoms with E-state index in [1.54, 1.807) is 6.07 Å². The number of aromatic hydroxyl groups is 1. The van der Waals surface area contributed by atoms with E-state index in [1.165, 1.54) is 23.0 Å². The van der Waals surface area contributed by atoms with Crippen molar-refractivity contribution in [2.24, 2.45) is 0 Å². The average molecular weight is 393 g/mol. The van der Waals surface area contributed by atoms with Gasteiger partial charge in [-0.2, -0.15) is 0 Å². The Balaban J connectivity index is 1.84. The minimum absolute atomic E-state index is 0.0576. The predicted octanol–water partition coefficient (Wildman–Crippen LogP) is 4.42. The van der Waals surface area contributed by atoms with Gasteiger partial charge in [0.2, 0.25) is 5.88 Å². The number of rotatable bonds is 3. The molecule has 26 heavy (non-hydrogen) atoms. The molecule has 0 saturated heterocycles. The fourth-order valence-electron chi connectivity index (χ4n) is 3.04. The Morgan fingerprint density at radius 1 is 1.23 bits per heavy atom.